The molecule has 0 aliphatic carbocycles. The van der Waals surface area contributed by atoms with E-state index in [9.17, 15) is 4.79 Å². The number of fused-ring (bicyclic) bond motifs is 1. The second-order valence-corrected chi connectivity index (χ2v) is 6.55. The van der Waals surface area contributed by atoms with E-state index in [-0.39, 0.29) is 5.78 Å². The first-order chi connectivity index (χ1) is 13.7. The zero-order valence-electron chi connectivity index (χ0n) is 15.8. The summed E-state index contributed by atoms with van der Waals surface area (Å²) < 4.78 is 17.0. The highest BCUT2D eigenvalue weighted by molar-refractivity contribution is 6.14. The highest BCUT2D eigenvalue weighted by Gasteiger charge is 2.30. The Morgan fingerprint density at radius 2 is 1.71 bits per heavy atom. The summed E-state index contributed by atoms with van der Waals surface area (Å²) in [5.41, 5.74) is 3.34. The van der Waals surface area contributed by atoms with Crippen LogP contribution in [0.4, 0.5) is 0 Å². The molecule has 0 spiro atoms. The van der Waals surface area contributed by atoms with Crippen LogP contribution in [0.3, 0.4) is 0 Å². The lowest BCUT2D eigenvalue weighted by molar-refractivity contribution is 0.101. The molecule has 140 valence electrons. The molecular weight excluding hydrogens is 352 g/mol. The van der Waals surface area contributed by atoms with E-state index >= 15 is 0 Å². The maximum absolute atomic E-state index is 12.7. The van der Waals surface area contributed by atoms with E-state index in [0.29, 0.717) is 29.4 Å². The van der Waals surface area contributed by atoms with Gasteiger partial charge in [-0.25, -0.2) is 0 Å². The Balaban J connectivity index is 1.54. The van der Waals surface area contributed by atoms with Crippen LogP contribution in [0.15, 0.2) is 72.5 Å². The van der Waals surface area contributed by atoms with Crippen molar-refractivity contribution in [1.82, 2.24) is 0 Å². The lowest BCUT2D eigenvalue weighted by Gasteiger charge is -2.12. The second kappa shape index (κ2) is 7.61. The zero-order valence-corrected chi connectivity index (χ0v) is 15.8. The van der Waals surface area contributed by atoms with Gasteiger partial charge in [0, 0.05) is 5.56 Å². The molecule has 4 nitrogen and oxygen atoms in total. The van der Waals surface area contributed by atoms with Crippen LogP contribution in [0.2, 0.25) is 0 Å². The third-order valence-corrected chi connectivity index (χ3v) is 4.69. The molecule has 3 aromatic carbocycles. The summed E-state index contributed by atoms with van der Waals surface area (Å²) in [6.45, 7) is 2.32. The number of Topliss-reactive ketones (excluding diaryl/α,β-unsaturated/α-hetero) is 1. The highest BCUT2D eigenvalue weighted by Crippen LogP contribution is 2.39. The lowest BCUT2D eigenvalue weighted by Crippen LogP contribution is -1.98. The first-order valence-corrected chi connectivity index (χ1v) is 9.04. The van der Waals surface area contributed by atoms with Gasteiger partial charge in [-0.2, -0.15) is 0 Å². The number of ketones is 1. The van der Waals surface area contributed by atoms with Gasteiger partial charge in [0.15, 0.2) is 5.76 Å². The molecule has 0 aromatic heterocycles. The van der Waals surface area contributed by atoms with Gasteiger partial charge >= 0.3 is 0 Å². The number of benzene rings is 3. The Bertz CT molecular complexity index is 1030. The van der Waals surface area contributed by atoms with E-state index in [1.165, 1.54) is 0 Å². The molecule has 0 unspecified atom stereocenters. The van der Waals surface area contributed by atoms with Gasteiger partial charge in [0.05, 0.1) is 12.7 Å². The minimum atomic E-state index is -0.108. The van der Waals surface area contributed by atoms with Crippen LogP contribution in [-0.2, 0) is 6.61 Å². The van der Waals surface area contributed by atoms with E-state index < -0.39 is 0 Å². The smallest absolute Gasteiger partial charge is 0.231 e. The van der Waals surface area contributed by atoms with Gasteiger partial charge in [0.2, 0.25) is 5.78 Å². The zero-order chi connectivity index (χ0) is 19.5. The highest BCUT2D eigenvalue weighted by atomic mass is 16.5. The van der Waals surface area contributed by atoms with Crippen LogP contribution >= 0.6 is 0 Å². The van der Waals surface area contributed by atoms with Crippen molar-refractivity contribution in [3.05, 3.63) is 94.7 Å². The van der Waals surface area contributed by atoms with Crippen molar-refractivity contribution < 1.29 is 19.0 Å². The molecule has 1 aliphatic rings. The van der Waals surface area contributed by atoms with Crippen LogP contribution in [0, 0.1) is 6.92 Å². The fraction of sp³-hybridized carbons (Fsp3) is 0.125. The molecule has 0 saturated heterocycles. The van der Waals surface area contributed by atoms with Crippen molar-refractivity contribution >= 4 is 11.9 Å². The maximum atomic E-state index is 12.7. The van der Waals surface area contributed by atoms with E-state index in [4.69, 9.17) is 14.2 Å². The molecule has 0 radical (unpaired) electrons. The molecule has 0 bridgehead atoms. The first-order valence-electron chi connectivity index (χ1n) is 9.04. The number of hydrogen-bond donors (Lipinski definition) is 0. The van der Waals surface area contributed by atoms with Gasteiger partial charge in [0.25, 0.3) is 0 Å². The predicted octanol–water partition coefficient (Wildman–Crippen LogP) is 5.20. The Hall–Kier alpha value is -3.53. The summed E-state index contributed by atoms with van der Waals surface area (Å²) in [6, 6.07) is 21.0. The van der Waals surface area contributed by atoms with Crippen LogP contribution in [-0.4, -0.2) is 12.9 Å². The molecule has 28 heavy (non-hydrogen) atoms. The number of allylic oxidation sites excluding steroid dienone is 1. The van der Waals surface area contributed by atoms with Crippen molar-refractivity contribution in [1.29, 1.82) is 0 Å². The molecule has 3 aromatic rings. The number of rotatable bonds is 5. The van der Waals surface area contributed by atoms with Crippen LogP contribution in [0.5, 0.6) is 17.2 Å². The monoisotopic (exact) mass is 372 g/mol. The minimum absolute atomic E-state index is 0.108. The normalized spacial score (nSPS) is 13.9. The molecule has 1 aliphatic heterocycles. The molecular formula is C24H20O4. The summed E-state index contributed by atoms with van der Waals surface area (Å²) in [5, 5.41) is 0. The fourth-order valence-corrected chi connectivity index (χ4v) is 3.11. The topological polar surface area (TPSA) is 44.8 Å². The van der Waals surface area contributed by atoms with Crippen LogP contribution in [0.1, 0.15) is 27.0 Å². The maximum Gasteiger partial charge on any atom is 0.231 e. The molecule has 0 amide bonds. The van der Waals surface area contributed by atoms with Gasteiger partial charge in [-0.1, -0.05) is 42.5 Å². The molecule has 0 atom stereocenters. The van der Waals surface area contributed by atoms with Crippen molar-refractivity contribution in [3.63, 3.8) is 0 Å². The van der Waals surface area contributed by atoms with Gasteiger partial charge in [0.1, 0.15) is 23.9 Å². The standard InChI is InChI=1S/C24H20O4/c1-16-21(27-15-18-8-10-19(26-2)11-9-18)13-12-20-23(25)22(28-24(16)20)14-17-6-4-3-5-7-17/h3-14H,15H2,1-2H3/b22-14-. The van der Waals surface area contributed by atoms with Crippen LogP contribution in [0.25, 0.3) is 6.08 Å². The van der Waals surface area contributed by atoms with E-state index in [1.807, 2.05) is 67.6 Å². The lowest BCUT2D eigenvalue weighted by atomic mass is 10.1. The molecule has 1 heterocycles. The third-order valence-electron chi connectivity index (χ3n) is 4.69. The second-order valence-electron chi connectivity index (χ2n) is 6.55. The molecule has 4 rings (SSSR count). The fourth-order valence-electron chi connectivity index (χ4n) is 3.11. The summed E-state index contributed by atoms with van der Waals surface area (Å²) in [5.74, 6) is 2.30. The molecule has 0 N–H and O–H groups in total. The van der Waals surface area contributed by atoms with E-state index in [2.05, 4.69) is 0 Å². The Morgan fingerprint density at radius 3 is 2.43 bits per heavy atom. The van der Waals surface area contributed by atoms with Gasteiger partial charge < -0.3 is 14.2 Å². The van der Waals surface area contributed by atoms with Crippen molar-refractivity contribution in [2.24, 2.45) is 0 Å². The van der Waals surface area contributed by atoms with Crippen LogP contribution < -0.4 is 14.2 Å². The summed E-state index contributed by atoms with van der Waals surface area (Å²) >= 11 is 0. The Morgan fingerprint density at radius 1 is 0.964 bits per heavy atom. The first kappa shape index (κ1) is 17.9. The summed E-state index contributed by atoms with van der Waals surface area (Å²) in [7, 11) is 1.64. The minimum Gasteiger partial charge on any atom is -0.497 e. The van der Waals surface area contributed by atoms with Gasteiger partial charge in [-0.3, -0.25) is 4.79 Å². The van der Waals surface area contributed by atoms with Crippen molar-refractivity contribution in [2.45, 2.75) is 13.5 Å². The Kier molecular flexibility index (Phi) is 4.85. The average Bonchev–Trinajstić information content (AvgIpc) is 3.05. The van der Waals surface area contributed by atoms with E-state index in [1.54, 1.807) is 19.3 Å². The van der Waals surface area contributed by atoms with E-state index in [0.717, 1.165) is 22.4 Å². The summed E-state index contributed by atoms with van der Waals surface area (Å²) in [4.78, 5) is 12.7. The third kappa shape index (κ3) is 3.49. The van der Waals surface area contributed by atoms with Crippen molar-refractivity contribution in [3.8, 4) is 17.2 Å². The SMILES string of the molecule is COc1ccc(COc2ccc3c(c2C)O/C(=C\c2ccccc2)C3=O)cc1. The predicted molar refractivity (Wildman–Crippen MR) is 108 cm³/mol. The molecule has 0 fully saturated rings. The number of hydrogen-bond acceptors (Lipinski definition) is 4. The molecule has 0 saturated carbocycles. The number of carbonyl (C=O) groups excluding carboxylic acids is 1. The van der Waals surface area contributed by atoms with Gasteiger partial charge in [-0.15, -0.1) is 0 Å². The van der Waals surface area contributed by atoms with Gasteiger partial charge in [-0.05, 0) is 48.4 Å². The average molecular weight is 372 g/mol. The summed E-state index contributed by atoms with van der Waals surface area (Å²) in [6.07, 6.45) is 1.76. The van der Waals surface area contributed by atoms with Crippen molar-refractivity contribution in [2.75, 3.05) is 7.11 Å². The number of carbonyl (C=O) groups is 1. The largest absolute Gasteiger partial charge is 0.497 e. The molecule has 4 heteroatoms. The number of ether oxygens (including phenoxy) is 3. The number of methoxy groups -OCH3 is 1. The Labute approximate surface area is 164 Å². The quantitative estimate of drug-likeness (QED) is 0.578.